The third kappa shape index (κ3) is 4.40. The Kier molecular flexibility index (Phi) is 4.95. The molecular formula is C24H27F3N6O2. The number of methoxy groups -OCH3 is 1. The van der Waals surface area contributed by atoms with Crippen LogP contribution in [0, 0.1) is 12.7 Å². The summed E-state index contributed by atoms with van der Waals surface area (Å²) in [5, 5.41) is 17.7. The minimum absolute atomic E-state index is 0.0215. The first-order chi connectivity index (χ1) is 17.8. The summed E-state index contributed by atoms with van der Waals surface area (Å²) in [6.45, 7) is 2.80. The zero-order valence-corrected chi connectivity index (χ0v) is 19.2. The zero-order chi connectivity index (χ0) is 27.4. The molecule has 0 bridgehead atoms. The highest BCUT2D eigenvalue weighted by molar-refractivity contribution is 5.90. The van der Waals surface area contributed by atoms with Crippen LogP contribution in [0.2, 0.25) is 0 Å². The molecule has 0 unspecified atom stereocenters. The van der Waals surface area contributed by atoms with E-state index >= 15 is 4.39 Å². The van der Waals surface area contributed by atoms with Crippen molar-refractivity contribution >= 4 is 22.5 Å². The van der Waals surface area contributed by atoms with Crippen LogP contribution in [0.3, 0.4) is 0 Å². The van der Waals surface area contributed by atoms with E-state index in [1.54, 1.807) is 26.0 Å². The molecule has 0 saturated heterocycles. The summed E-state index contributed by atoms with van der Waals surface area (Å²) in [7, 11) is -2.88. The lowest BCUT2D eigenvalue weighted by molar-refractivity contribution is 0.0195. The molecule has 2 N–H and O–H groups in total. The Morgan fingerprint density at radius 2 is 2.09 bits per heavy atom. The summed E-state index contributed by atoms with van der Waals surface area (Å²) in [6.07, 6.45) is 0.884. The smallest absolute Gasteiger partial charge is 0.256 e. The maximum Gasteiger partial charge on any atom is 0.256 e. The first kappa shape index (κ1) is 19.9. The number of ether oxygens (including phenoxy) is 1. The number of rotatable bonds is 6. The van der Waals surface area contributed by atoms with Gasteiger partial charge in [-0.15, -0.1) is 5.10 Å². The van der Waals surface area contributed by atoms with Gasteiger partial charge in [-0.05, 0) is 57.2 Å². The fourth-order valence-corrected chi connectivity index (χ4v) is 4.76. The first-order valence-electron chi connectivity index (χ1n) is 12.8. The molecule has 8 nitrogen and oxygen atoms in total. The molecule has 0 atom stereocenters. The summed E-state index contributed by atoms with van der Waals surface area (Å²) < 4.78 is 72.3. The van der Waals surface area contributed by atoms with Crippen LogP contribution in [0.15, 0.2) is 24.4 Å². The average Bonchev–Trinajstić information content (AvgIpc) is 3.29. The molecule has 1 aliphatic rings. The van der Waals surface area contributed by atoms with E-state index in [0.29, 0.717) is 48.1 Å². The number of aromatic nitrogens is 5. The van der Waals surface area contributed by atoms with Crippen molar-refractivity contribution in [3.05, 3.63) is 36.0 Å². The molecule has 1 saturated carbocycles. The number of aryl methyl sites for hydroxylation is 1. The Morgan fingerprint density at radius 1 is 1.31 bits per heavy atom. The molecule has 1 fully saturated rings. The quantitative estimate of drug-likeness (QED) is 0.411. The maximum atomic E-state index is 15.4. The minimum Gasteiger partial charge on any atom is -0.479 e. The lowest BCUT2D eigenvalue weighted by Crippen LogP contribution is -2.36. The van der Waals surface area contributed by atoms with Crippen LogP contribution in [-0.4, -0.2) is 54.4 Å². The Morgan fingerprint density at radius 3 is 2.80 bits per heavy atom. The molecule has 1 aromatic carbocycles. The molecule has 3 heterocycles. The van der Waals surface area contributed by atoms with Gasteiger partial charge in [-0.25, -0.2) is 22.7 Å². The molecule has 186 valence electrons. The summed E-state index contributed by atoms with van der Waals surface area (Å²) in [4.78, 5) is 8.57. The van der Waals surface area contributed by atoms with Crippen molar-refractivity contribution in [2.24, 2.45) is 0 Å². The Labute approximate surface area is 204 Å². The molecule has 0 aliphatic heterocycles. The summed E-state index contributed by atoms with van der Waals surface area (Å²) in [5.41, 5.74) is 0.331. The molecule has 0 amide bonds. The topological polar surface area (TPSA) is 89.5 Å². The van der Waals surface area contributed by atoms with Gasteiger partial charge in [-0.2, -0.15) is 4.98 Å². The summed E-state index contributed by atoms with van der Waals surface area (Å²) >= 11 is 0. The van der Waals surface area contributed by atoms with Crippen LogP contribution in [0.4, 0.5) is 19.1 Å². The lowest BCUT2D eigenvalue weighted by Gasteiger charge is -2.33. The summed E-state index contributed by atoms with van der Waals surface area (Å²) in [5.74, 6) is -0.654. The molecule has 3 aromatic heterocycles. The normalized spacial score (nSPS) is 22.4. The molecular weight excluding hydrogens is 461 g/mol. The van der Waals surface area contributed by atoms with E-state index in [4.69, 9.17) is 8.85 Å². The lowest BCUT2D eigenvalue weighted by atomic mass is 9.84. The number of nitrogens with zero attached hydrogens (tertiary/aromatic N) is 5. The fraction of sp³-hybridized carbons (Fsp3) is 0.458. The van der Waals surface area contributed by atoms with Crippen LogP contribution in [0.5, 0.6) is 5.88 Å². The number of benzene rings is 1. The molecule has 5 rings (SSSR count). The van der Waals surface area contributed by atoms with Crippen LogP contribution >= 0.6 is 0 Å². The number of nitrogens with one attached hydrogen (secondary N) is 1. The highest BCUT2D eigenvalue weighted by atomic mass is 19.3. The van der Waals surface area contributed by atoms with Gasteiger partial charge in [0.2, 0.25) is 11.8 Å². The average molecular weight is 492 g/mol. The van der Waals surface area contributed by atoms with Crippen molar-refractivity contribution in [1.29, 1.82) is 0 Å². The number of alkyl halides is 2. The number of hydrogen-bond acceptors (Lipinski definition) is 6. The highest BCUT2D eigenvalue weighted by Gasteiger charge is 2.29. The third-order valence-electron chi connectivity index (χ3n) is 6.59. The number of aliphatic hydroxyl groups is 1. The molecule has 35 heavy (non-hydrogen) atoms. The van der Waals surface area contributed by atoms with Crippen molar-refractivity contribution in [1.82, 2.24) is 24.1 Å². The van der Waals surface area contributed by atoms with Crippen molar-refractivity contribution in [2.75, 3.05) is 12.4 Å². The predicted octanol–water partition coefficient (Wildman–Crippen LogP) is 4.57. The van der Waals surface area contributed by atoms with Gasteiger partial charge < -0.3 is 19.7 Å². The van der Waals surface area contributed by atoms with E-state index in [0.717, 1.165) is 10.7 Å². The second-order valence-electron chi connectivity index (χ2n) is 9.27. The van der Waals surface area contributed by atoms with Gasteiger partial charge in [0.25, 0.3) is 6.43 Å². The Bertz CT molecular complexity index is 1490. The van der Waals surface area contributed by atoms with Crippen LogP contribution < -0.4 is 10.1 Å². The number of fused-ring (bicyclic) bond motifs is 2. The third-order valence-corrected chi connectivity index (χ3v) is 6.59. The monoisotopic (exact) mass is 491 g/mol. The largest absolute Gasteiger partial charge is 0.479 e. The van der Waals surface area contributed by atoms with E-state index in [9.17, 15) is 13.9 Å². The number of imidazole rings is 1. The van der Waals surface area contributed by atoms with Crippen molar-refractivity contribution in [2.45, 2.75) is 64.1 Å². The Balaban J connectivity index is 1.60. The zero-order valence-electron chi connectivity index (χ0n) is 22.2. The van der Waals surface area contributed by atoms with Gasteiger partial charge >= 0.3 is 0 Å². The van der Waals surface area contributed by atoms with Crippen molar-refractivity contribution in [3.63, 3.8) is 0 Å². The number of anilines is 1. The summed E-state index contributed by atoms with van der Waals surface area (Å²) in [6, 6.07) is 4.60. The van der Waals surface area contributed by atoms with Crippen molar-refractivity contribution in [3.8, 4) is 17.0 Å². The van der Waals surface area contributed by atoms with Gasteiger partial charge in [-0.3, -0.25) is 0 Å². The standard InChI is InChI=1S/C24H27F3N6O2/c1-13-28-17-5-4-14(10-18(17)32(13)12-19(26)27)20-16(25)11-33-21(20)22(35-3)30-23(31-33)29-15-6-8-24(2,34)9-7-15/h4-5,10-11,15,19,34H,6-9,12H2,1-3H3,(H,29,31)/i3D3. The molecule has 0 spiro atoms. The minimum atomic E-state index is -2.88. The second kappa shape index (κ2) is 8.71. The van der Waals surface area contributed by atoms with E-state index in [-0.39, 0.29) is 29.0 Å². The maximum absolute atomic E-state index is 15.4. The highest BCUT2D eigenvalue weighted by Crippen LogP contribution is 2.36. The van der Waals surface area contributed by atoms with Gasteiger partial charge in [-0.1, -0.05) is 6.07 Å². The second-order valence-corrected chi connectivity index (χ2v) is 9.27. The first-order valence-corrected chi connectivity index (χ1v) is 11.3. The van der Waals surface area contributed by atoms with Crippen LogP contribution in [0.1, 0.15) is 42.5 Å². The fourth-order valence-electron chi connectivity index (χ4n) is 4.76. The van der Waals surface area contributed by atoms with E-state index < -0.39 is 31.4 Å². The number of halogens is 3. The molecule has 0 radical (unpaired) electrons. The number of hydrogen-bond donors (Lipinski definition) is 2. The molecule has 1 aliphatic carbocycles. The van der Waals surface area contributed by atoms with E-state index in [1.165, 1.54) is 10.6 Å². The van der Waals surface area contributed by atoms with Crippen molar-refractivity contribution < 1.29 is 27.1 Å². The van der Waals surface area contributed by atoms with Gasteiger partial charge in [0.1, 0.15) is 11.3 Å². The van der Waals surface area contributed by atoms with Gasteiger partial charge in [0.15, 0.2) is 5.82 Å². The van der Waals surface area contributed by atoms with E-state index in [2.05, 4.69) is 20.4 Å². The van der Waals surface area contributed by atoms with E-state index in [1.807, 2.05) is 0 Å². The van der Waals surface area contributed by atoms with Crippen LogP contribution in [-0.2, 0) is 6.54 Å². The Hall–Kier alpha value is -3.34. The van der Waals surface area contributed by atoms with Gasteiger partial charge in [0, 0.05) is 6.04 Å². The predicted molar refractivity (Wildman–Crippen MR) is 125 cm³/mol. The van der Waals surface area contributed by atoms with Gasteiger partial charge in [0.05, 0.1) is 46.1 Å². The van der Waals surface area contributed by atoms with Crippen LogP contribution in [0.25, 0.3) is 27.7 Å². The molecule has 11 heteroatoms. The SMILES string of the molecule is [2H]C([2H])([2H])Oc1nc(NC2CCC(C)(O)CC2)nn2cc(F)c(-c3ccc4nc(C)n(CC(F)F)c4c3)c12. The molecule has 4 aromatic rings.